The quantitative estimate of drug-likeness (QED) is 0.546. The van der Waals surface area contributed by atoms with Crippen molar-refractivity contribution in [3.63, 3.8) is 0 Å². The lowest BCUT2D eigenvalue weighted by Crippen LogP contribution is -2.28. The molecule has 0 aliphatic heterocycles. The molecule has 0 radical (unpaired) electrons. The number of hydrogen-bond acceptors (Lipinski definition) is 5. The molecule has 0 fully saturated rings. The highest BCUT2D eigenvalue weighted by molar-refractivity contribution is 7.15. The van der Waals surface area contributed by atoms with E-state index in [0.29, 0.717) is 16.0 Å². The van der Waals surface area contributed by atoms with Gasteiger partial charge in [-0.1, -0.05) is 65.4 Å². The van der Waals surface area contributed by atoms with Gasteiger partial charge >= 0.3 is 0 Å². The van der Waals surface area contributed by atoms with Crippen molar-refractivity contribution >= 4 is 34.0 Å². The van der Waals surface area contributed by atoms with Crippen molar-refractivity contribution in [1.82, 2.24) is 14.6 Å². The van der Waals surface area contributed by atoms with E-state index in [9.17, 15) is 9.59 Å². The van der Waals surface area contributed by atoms with Gasteiger partial charge in [0.15, 0.2) is 0 Å². The van der Waals surface area contributed by atoms with E-state index in [1.54, 1.807) is 18.2 Å². The molecule has 0 aliphatic carbocycles. The van der Waals surface area contributed by atoms with Gasteiger partial charge in [-0.25, -0.2) is 0 Å². The number of aromatic nitrogens is 3. The molecule has 0 atom stereocenters. The molecular weight excluding hydrogens is 370 g/mol. The molecule has 26 heavy (non-hydrogen) atoms. The van der Waals surface area contributed by atoms with Gasteiger partial charge in [0.25, 0.3) is 11.1 Å². The third-order valence-electron chi connectivity index (χ3n) is 3.83. The van der Waals surface area contributed by atoms with Crippen LogP contribution in [-0.4, -0.2) is 14.6 Å². The molecule has 2 aromatic carbocycles. The van der Waals surface area contributed by atoms with Crippen molar-refractivity contribution in [2.75, 3.05) is 0 Å². The van der Waals surface area contributed by atoms with Crippen LogP contribution in [0.1, 0.15) is 16.8 Å². The number of rotatable bonds is 3. The third kappa shape index (κ3) is 3.29. The summed E-state index contributed by atoms with van der Waals surface area (Å²) in [4.78, 5) is 29.2. The highest BCUT2D eigenvalue weighted by Crippen LogP contribution is 2.10. The van der Waals surface area contributed by atoms with Crippen LogP contribution in [-0.2, 0) is 6.42 Å². The molecular formula is C19H12ClN3O2S. The molecule has 128 valence electrons. The van der Waals surface area contributed by atoms with Gasteiger partial charge in [-0.15, -0.1) is 0 Å². The smallest absolute Gasteiger partial charge is 0.266 e. The lowest BCUT2D eigenvalue weighted by molar-refractivity contribution is 0.811. The van der Waals surface area contributed by atoms with Crippen LogP contribution in [0.5, 0.6) is 0 Å². The number of hydrogen-bond donors (Lipinski definition) is 0. The van der Waals surface area contributed by atoms with Crippen molar-refractivity contribution in [2.45, 2.75) is 6.42 Å². The van der Waals surface area contributed by atoms with Gasteiger partial charge in [0, 0.05) is 11.4 Å². The van der Waals surface area contributed by atoms with E-state index in [1.165, 1.54) is 4.52 Å². The molecule has 0 bridgehead atoms. The fraction of sp³-hybridized carbons (Fsp3) is 0.0526. The first-order chi connectivity index (χ1) is 12.6. The second-order valence-electron chi connectivity index (χ2n) is 5.69. The van der Waals surface area contributed by atoms with E-state index in [-0.39, 0.29) is 16.2 Å². The second-order valence-corrected chi connectivity index (χ2v) is 7.13. The first-order valence-electron chi connectivity index (χ1n) is 7.84. The average molecular weight is 382 g/mol. The Bertz CT molecular complexity index is 1250. The zero-order valence-corrected chi connectivity index (χ0v) is 15.0. The van der Waals surface area contributed by atoms with Gasteiger partial charge in [-0.3, -0.25) is 9.59 Å². The van der Waals surface area contributed by atoms with Crippen LogP contribution in [0.3, 0.4) is 0 Å². The van der Waals surface area contributed by atoms with Crippen molar-refractivity contribution in [3.05, 3.63) is 102 Å². The van der Waals surface area contributed by atoms with Crippen LogP contribution in [0.15, 0.2) is 64.2 Å². The molecule has 0 aliphatic rings. The second kappa shape index (κ2) is 6.82. The van der Waals surface area contributed by atoms with Crippen LogP contribution in [0.25, 0.3) is 11.0 Å². The Morgan fingerprint density at radius 2 is 1.77 bits per heavy atom. The van der Waals surface area contributed by atoms with Crippen LogP contribution in [0.2, 0.25) is 5.02 Å². The summed E-state index contributed by atoms with van der Waals surface area (Å²) in [6, 6.07) is 16.6. The Kier molecular flexibility index (Phi) is 4.36. The Morgan fingerprint density at radius 3 is 2.50 bits per heavy atom. The highest BCUT2D eigenvalue weighted by Gasteiger charge is 2.11. The average Bonchev–Trinajstić information content (AvgIpc) is 2.93. The fourth-order valence-electron chi connectivity index (χ4n) is 2.55. The lowest BCUT2D eigenvalue weighted by Gasteiger charge is -1.99. The van der Waals surface area contributed by atoms with E-state index in [2.05, 4.69) is 10.1 Å². The van der Waals surface area contributed by atoms with Crippen LogP contribution < -0.4 is 15.7 Å². The standard InChI is InChI=1S/C19H12ClN3O2S/c20-14-8-6-13(7-9-14)11-16-18(25)23-19(26-16)21-17(24)15(22-23)10-12-4-2-1-3-5-12/h1-9,11H,10H2/b16-11-. The van der Waals surface area contributed by atoms with Gasteiger partial charge in [-0.2, -0.15) is 14.6 Å². The maximum Gasteiger partial charge on any atom is 0.296 e. The first-order valence-corrected chi connectivity index (χ1v) is 9.03. The molecule has 0 saturated heterocycles. The molecule has 4 aromatic rings. The Hall–Kier alpha value is -2.83. The van der Waals surface area contributed by atoms with Gasteiger partial charge in [0.2, 0.25) is 4.96 Å². The Labute approximate surface area is 156 Å². The first kappa shape index (κ1) is 16.6. The number of nitrogens with zero attached hydrogens (tertiary/aromatic N) is 3. The minimum atomic E-state index is -0.409. The normalized spacial score (nSPS) is 12.0. The predicted octanol–water partition coefficient (Wildman–Crippen LogP) is 2.30. The molecule has 7 heteroatoms. The van der Waals surface area contributed by atoms with Gasteiger partial charge < -0.3 is 0 Å². The van der Waals surface area contributed by atoms with Gasteiger partial charge in [0.1, 0.15) is 5.69 Å². The SMILES string of the molecule is O=c1nc2s/c(=C\c3ccc(Cl)cc3)c(=O)n2nc1Cc1ccccc1. The van der Waals surface area contributed by atoms with Crippen LogP contribution in [0.4, 0.5) is 0 Å². The summed E-state index contributed by atoms with van der Waals surface area (Å²) in [6.07, 6.45) is 2.07. The summed E-state index contributed by atoms with van der Waals surface area (Å²) in [5.74, 6) is 0. The van der Waals surface area contributed by atoms with Crippen molar-refractivity contribution in [2.24, 2.45) is 0 Å². The lowest BCUT2D eigenvalue weighted by atomic mass is 10.1. The summed E-state index contributed by atoms with van der Waals surface area (Å²) in [5, 5.41) is 4.87. The third-order valence-corrected chi connectivity index (χ3v) is 5.04. The monoisotopic (exact) mass is 381 g/mol. The Morgan fingerprint density at radius 1 is 1.04 bits per heavy atom. The maximum atomic E-state index is 12.6. The van der Waals surface area contributed by atoms with E-state index in [4.69, 9.17) is 11.6 Å². The van der Waals surface area contributed by atoms with Crippen LogP contribution in [0, 0.1) is 0 Å². The summed E-state index contributed by atoms with van der Waals surface area (Å²) in [7, 11) is 0. The molecule has 0 saturated carbocycles. The highest BCUT2D eigenvalue weighted by atomic mass is 35.5. The van der Waals surface area contributed by atoms with Gasteiger partial charge in [-0.05, 0) is 29.3 Å². The number of thiazole rings is 1. The summed E-state index contributed by atoms with van der Waals surface area (Å²) >= 11 is 7.02. The molecule has 5 nitrogen and oxygen atoms in total. The Balaban J connectivity index is 1.81. The predicted molar refractivity (Wildman–Crippen MR) is 103 cm³/mol. The fourth-order valence-corrected chi connectivity index (χ4v) is 3.58. The zero-order chi connectivity index (χ0) is 18.1. The number of fused-ring (bicyclic) bond motifs is 1. The van der Waals surface area contributed by atoms with Crippen molar-refractivity contribution < 1.29 is 0 Å². The molecule has 4 rings (SSSR count). The topological polar surface area (TPSA) is 64.3 Å². The number of halogens is 1. The summed E-state index contributed by atoms with van der Waals surface area (Å²) in [6.45, 7) is 0. The van der Waals surface area contributed by atoms with Gasteiger partial charge in [0.05, 0.1) is 4.53 Å². The van der Waals surface area contributed by atoms with Crippen molar-refractivity contribution in [1.29, 1.82) is 0 Å². The van der Waals surface area contributed by atoms with E-state index < -0.39 is 5.56 Å². The summed E-state index contributed by atoms with van der Waals surface area (Å²) in [5.41, 5.74) is 1.33. The van der Waals surface area contributed by atoms with Crippen molar-refractivity contribution in [3.8, 4) is 0 Å². The van der Waals surface area contributed by atoms with E-state index in [0.717, 1.165) is 22.5 Å². The summed E-state index contributed by atoms with van der Waals surface area (Å²) < 4.78 is 1.66. The number of benzene rings is 2. The molecule has 0 unspecified atom stereocenters. The molecule has 0 amide bonds. The van der Waals surface area contributed by atoms with E-state index >= 15 is 0 Å². The minimum absolute atomic E-state index is 0.252. The maximum absolute atomic E-state index is 12.6. The molecule has 0 spiro atoms. The molecule has 2 aromatic heterocycles. The molecule has 2 heterocycles. The van der Waals surface area contributed by atoms with Crippen LogP contribution >= 0.6 is 22.9 Å². The minimum Gasteiger partial charge on any atom is -0.266 e. The molecule has 0 N–H and O–H groups in total. The largest absolute Gasteiger partial charge is 0.296 e. The zero-order valence-electron chi connectivity index (χ0n) is 13.4. The van der Waals surface area contributed by atoms with E-state index in [1.807, 2.05) is 42.5 Å².